The van der Waals surface area contributed by atoms with Crippen molar-refractivity contribution in [3.8, 4) is 0 Å². The van der Waals surface area contributed by atoms with Gasteiger partial charge >= 0.3 is 5.97 Å². The van der Waals surface area contributed by atoms with Crippen molar-refractivity contribution in [2.75, 3.05) is 13.7 Å². The summed E-state index contributed by atoms with van der Waals surface area (Å²) in [4.78, 5) is 15.4. The first kappa shape index (κ1) is 9.15. The van der Waals surface area contributed by atoms with Crippen LogP contribution in [0.4, 0.5) is 0 Å². The van der Waals surface area contributed by atoms with Gasteiger partial charge in [0.15, 0.2) is 0 Å². The number of pyridine rings is 1. The van der Waals surface area contributed by atoms with E-state index in [0.29, 0.717) is 11.6 Å². The number of esters is 1. The van der Waals surface area contributed by atoms with Crippen LogP contribution in [0.5, 0.6) is 0 Å². The molecule has 1 aliphatic rings. The number of ether oxygens (including phenoxy) is 1. The van der Waals surface area contributed by atoms with E-state index in [1.807, 2.05) is 0 Å². The van der Waals surface area contributed by atoms with Gasteiger partial charge in [-0.3, -0.25) is 4.98 Å². The maximum atomic E-state index is 11.2. The number of rotatable bonds is 2. The Hall–Kier alpha value is -1.42. The van der Waals surface area contributed by atoms with Crippen LogP contribution in [0.25, 0.3) is 0 Å². The Kier molecular flexibility index (Phi) is 2.45. The van der Waals surface area contributed by atoms with Crippen molar-refractivity contribution in [1.29, 1.82) is 0 Å². The van der Waals surface area contributed by atoms with Crippen LogP contribution in [-0.4, -0.2) is 24.6 Å². The Morgan fingerprint density at radius 3 is 3.07 bits per heavy atom. The van der Waals surface area contributed by atoms with Gasteiger partial charge in [-0.15, -0.1) is 0 Å². The smallest absolute Gasteiger partial charge is 0.337 e. The predicted molar refractivity (Wildman–Crippen MR) is 50.9 cm³/mol. The zero-order valence-electron chi connectivity index (χ0n) is 7.99. The van der Waals surface area contributed by atoms with E-state index in [1.54, 1.807) is 18.3 Å². The van der Waals surface area contributed by atoms with Gasteiger partial charge in [0.25, 0.3) is 0 Å². The van der Waals surface area contributed by atoms with Crippen LogP contribution < -0.4 is 5.32 Å². The highest BCUT2D eigenvalue weighted by molar-refractivity contribution is 5.89. The fourth-order valence-electron chi connectivity index (χ4n) is 1.42. The molecular weight excluding hydrogens is 180 g/mol. The first-order valence-corrected chi connectivity index (χ1v) is 4.59. The molecule has 74 valence electrons. The normalized spacial score (nSPS) is 19.9. The van der Waals surface area contributed by atoms with E-state index in [0.717, 1.165) is 18.7 Å². The Labute approximate surface area is 82.3 Å². The minimum Gasteiger partial charge on any atom is -0.465 e. The molecule has 2 rings (SSSR count). The van der Waals surface area contributed by atoms with E-state index in [1.165, 1.54) is 7.11 Å². The van der Waals surface area contributed by atoms with Crippen molar-refractivity contribution in [3.05, 3.63) is 29.6 Å². The third-order valence-electron chi connectivity index (χ3n) is 2.38. The molecule has 2 heterocycles. The second-order valence-electron chi connectivity index (χ2n) is 3.26. The maximum Gasteiger partial charge on any atom is 0.337 e. The first-order valence-electron chi connectivity index (χ1n) is 4.59. The number of hydrogen-bond acceptors (Lipinski definition) is 4. The van der Waals surface area contributed by atoms with Crippen molar-refractivity contribution < 1.29 is 9.53 Å². The SMILES string of the molecule is COC(=O)c1ccnc([C@H]2CCN2)c1. The molecule has 4 nitrogen and oxygen atoms in total. The Morgan fingerprint density at radius 1 is 1.71 bits per heavy atom. The average Bonchev–Trinajstić information content (AvgIpc) is 2.14. The summed E-state index contributed by atoms with van der Waals surface area (Å²) in [5, 5.41) is 3.23. The van der Waals surface area contributed by atoms with Gasteiger partial charge in [0.2, 0.25) is 0 Å². The van der Waals surface area contributed by atoms with Crippen molar-refractivity contribution in [1.82, 2.24) is 10.3 Å². The molecule has 4 heteroatoms. The lowest BCUT2D eigenvalue weighted by Gasteiger charge is -2.26. The Morgan fingerprint density at radius 2 is 2.50 bits per heavy atom. The summed E-state index contributed by atoms with van der Waals surface area (Å²) in [5.41, 5.74) is 1.48. The standard InChI is InChI=1S/C10H12N2O2/c1-14-10(13)7-2-4-12-9(6-7)8-3-5-11-8/h2,4,6,8,11H,3,5H2,1H3/t8-/m1/s1. The quantitative estimate of drug-likeness (QED) is 0.707. The zero-order chi connectivity index (χ0) is 9.97. The van der Waals surface area contributed by atoms with E-state index in [4.69, 9.17) is 0 Å². The van der Waals surface area contributed by atoms with Gasteiger partial charge in [0, 0.05) is 6.20 Å². The second kappa shape index (κ2) is 3.75. The maximum absolute atomic E-state index is 11.2. The van der Waals surface area contributed by atoms with Crippen LogP contribution in [0.15, 0.2) is 18.3 Å². The minimum absolute atomic E-state index is 0.305. The van der Waals surface area contributed by atoms with Gasteiger partial charge < -0.3 is 10.1 Å². The highest BCUT2D eigenvalue weighted by atomic mass is 16.5. The molecule has 0 spiro atoms. The van der Waals surface area contributed by atoms with Gasteiger partial charge in [-0.25, -0.2) is 4.79 Å². The van der Waals surface area contributed by atoms with Gasteiger partial charge in [0.1, 0.15) is 0 Å². The lowest BCUT2D eigenvalue weighted by atomic mass is 10.0. The van der Waals surface area contributed by atoms with Crippen LogP contribution in [0.3, 0.4) is 0 Å². The molecule has 1 aromatic heterocycles. The Balaban J connectivity index is 2.21. The molecule has 0 unspecified atom stereocenters. The van der Waals surface area contributed by atoms with Crippen molar-refractivity contribution in [2.45, 2.75) is 12.5 Å². The fourth-order valence-corrected chi connectivity index (χ4v) is 1.42. The highest BCUT2D eigenvalue weighted by Gasteiger charge is 2.20. The summed E-state index contributed by atoms with van der Waals surface area (Å²) in [6.07, 6.45) is 2.72. The summed E-state index contributed by atoms with van der Waals surface area (Å²) >= 11 is 0. The van der Waals surface area contributed by atoms with E-state index >= 15 is 0 Å². The molecule has 0 bridgehead atoms. The predicted octanol–water partition coefficient (Wildman–Crippen LogP) is 0.903. The molecule has 1 saturated heterocycles. The Bertz CT molecular complexity index is 348. The van der Waals surface area contributed by atoms with Crippen molar-refractivity contribution in [3.63, 3.8) is 0 Å². The molecule has 1 aliphatic heterocycles. The topological polar surface area (TPSA) is 51.2 Å². The van der Waals surface area contributed by atoms with Crippen LogP contribution in [0.2, 0.25) is 0 Å². The van der Waals surface area contributed by atoms with Crippen LogP contribution >= 0.6 is 0 Å². The minimum atomic E-state index is -0.312. The largest absolute Gasteiger partial charge is 0.465 e. The molecule has 1 atom stereocenters. The molecule has 0 amide bonds. The summed E-state index contributed by atoms with van der Waals surface area (Å²) in [5.74, 6) is -0.312. The van der Waals surface area contributed by atoms with E-state index in [9.17, 15) is 4.79 Å². The second-order valence-corrected chi connectivity index (χ2v) is 3.26. The molecular formula is C10H12N2O2. The van der Waals surface area contributed by atoms with Crippen molar-refractivity contribution >= 4 is 5.97 Å². The summed E-state index contributed by atoms with van der Waals surface area (Å²) in [7, 11) is 1.38. The third kappa shape index (κ3) is 1.61. The van der Waals surface area contributed by atoms with Crippen LogP contribution in [0.1, 0.15) is 28.5 Å². The van der Waals surface area contributed by atoms with E-state index < -0.39 is 0 Å². The monoisotopic (exact) mass is 192 g/mol. The summed E-state index contributed by atoms with van der Waals surface area (Å²) < 4.78 is 4.64. The number of carbonyl (C=O) groups excluding carboxylic acids is 1. The molecule has 0 aromatic carbocycles. The van der Waals surface area contributed by atoms with Crippen LogP contribution in [0, 0.1) is 0 Å². The molecule has 1 aromatic rings. The number of hydrogen-bond donors (Lipinski definition) is 1. The first-order chi connectivity index (χ1) is 6.81. The lowest BCUT2D eigenvalue weighted by Crippen LogP contribution is -2.35. The molecule has 14 heavy (non-hydrogen) atoms. The number of aromatic nitrogens is 1. The third-order valence-corrected chi connectivity index (χ3v) is 2.38. The molecule has 0 aliphatic carbocycles. The molecule has 1 N–H and O–H groups in total. The highest BCUT2D eigenvalue weighted by Crippen LogP contribution is 2.21. The van der Waals surface area contributed by atoms with Crippen LogP contribution in [-0.2, 0) is 4.74 Å². The summed E-state index contributed by atoms with van der Waals surface area (Å²) in [6.45, 7) is 1.02. The fraction of sp³-hybridized carbons (Fsp3) is 0.400. The number of carbonyl (C=O) groups is 1. The molecule has 0 radical (unpaired) electrons. The molecule has 1 fully saturated rings. The number of methoxy groups -OCH3 is 1. The summed E-state index contributed by atoms with van der Waals surface area (Å²) in [6, 6.07) is 3.75. The van der Waals surface area contributed by atoms with Gasteiger partial charge in [-0.1, -0.05) is 0 Å². The van der Waals surface area contributed by atoms with E-state index in [-0.39, 0.29) is 5.97 Å². The van der Waals surface area contributed by atoms with Crippen molar-refractivity contribution in [2.24, 2.45) is 0 Å². The molecule has 0 saturated carbocycles. The van der Waals surface area contributed by atoms with Gasteiger partial charge in [-0.2, -0.15) is 0 Å². The number of nitrogens with zero attached hydrogens (tertiary/aromatic N) is 1. The lowest BCUT2D eigenvalue weighted by molar-refractivity contribution is 0.0600. The van der Waals surface area contributed by atoms with Gasteiger partial charge in [-0.05, 0) is 25.1 Å². The van der Waals surface area contributed by atoms with Gasteiger partial charge in [0.05, 0.1) is 24.4 Å². The zero-order valence-corrected chi connectivity index (χ0v) is 7.99. The average molecular weight is 192 g/mol. The van der Waals surface area contributed by atoms with E-state index in [2.05, 4.69) is 15.0 Å². The number of nitrogens with one attached hydrogen (secondary N) is 1.